The predicted molar refractivity (Wildman–Crippen MR) is 147 cm³/mol. The molecule has 0 unspecified atom stereocenters. The maximum atomic E-state index is 12.5. The van der Waals surface area contributed by atoms with Crippen LogP contribution >= 0.6 is 46.6 Å². The fourth-order valence-electron chi connectivity index (χ4n) is 3.29. The first-order valence-electron chi connectivity index (χ1n) is 10.7. The van der Waals surface area contributed by atoms with Crippen LogP contribution in [0.15, 0.2) is 64.5 Å². The van der Waals surface area contributed by atoms with Crippen molar-refractivity contribution in [2.24, 2.45) is 4.99 Å². The number of carbonyl (C=O) groups excluding carboxylic acids is 2. The van der Waals surface area contributed by atoms with Crippen LogP contribution in [-0.4, -0.2) is 31.3 Å². The molecule has 3 aromatic carbocycles. The minimum atomic E-state index is -0.438. The summed E-state index contributed by atoms with van der Waals surface area (Å²) in [5.41, 5.74) is 2.36. The normalized spacial score (nSPS) is 15.1. The average Bonchev–Trinajstić information content (AvgIpc) is 3.22. The lowest BCUT2D eigenvalue weighted by molar-refractivity contribution is -0.115. The topological polar surface area (TPSA) is 86.2 Å². The number of thioether (sulfide) groups is 1. The molecular weight excluding hydrogens is 559 g/mol. The van der Waals surface area contributed by atoms with Crippen molar-refractivity contribution in [3.8, 4) is 11.5 Å². The molecule has 3 aromatic rings. The fourth-order valence-corrected chi connectivity index (χ4v) is 4.87. The molecule has 4 rings (SSSR count). The summed E-state index contributed by atoms with van der Waals surface area (Å²) in [4.78, 5) is 29.0. The lowest BCUT2D eigenvalue weighted by atomic mass is 10.1. The number of amidine groups is 1. The van der Waals surface area contributed by atoms with E-state index < -0.39 is 5.97 Å². The van der Waals surface area contributed by atoms with Crippen molar-refractivity contribution in [1.29, 1.82) is 0 Å². The van der Waals surface area contributed by atoms with E-state index in [-0.39, 0.29) is 12.5 Å². The summed E-state index contributed by atoms with van der Waals surface area (Å²) < 4.78 is 16.1. The number of hydrogen-bond acceptors (Lipinski definition) is 7. The summed E-state index contributed by atoms with van der Waals surface area (Å²) >= 11 is 19.8. The third-order valence-electron chi connectivity index (χ3n) is 5.11. The van der Waals surface area contributed by atoms with E-state index in [0.717, 1.165) is 5.56 Å². The largest absolute Gasteiger partial charge is 0.493 e. The highest BCUT2D eigenvalue weighted by molar-refractivity contribution is 8.18. The summed E-state index contributed by atoms with van der Waals surface area (Å²) in [7, 11) is 2.81. The van der Waals surface area contributed by atoms with Gasteiger partial charge in [-0.1, -0.05) is 40.9 Å². The minimum absolute atomic E-state index is 0.158. The number of aliphatic imine (C=N–C) groups is 1. The Morgan fingerprint density at radius 1 is 1.03 bits per heavy atom. The van der Waals surface area contributed by atoms with E-state index in [1.807, 2.05) is 0 Å². The van der Waals surface area contributed by atoms with Gasteiger partial charge in [-0.15, -0.1) is 0 Å². The van der Waals surface area contributed by atoms with Crippen molar-refractivity contribution in [3.05, 3.63) is 91.3 Å². The summed E-state index contributed by atoms with van der Waals surface area (Å²) in [6, 6.07) is 15.0. The number of benzene rings is 3. The molecule has 0 aromatic heterocycles. The summed E-state index contributed by atoms with van der Waals surface area (Å²) in [6.45, 7) is 0.158. The lowest BCUT2D eigenvalue weighted by Gasteiger charge is -2.14. The molecule has 11 heteroatoms. The Morgan fingerprint density at radius 3 is 2.46 bits per heavy atom. The summed E-state index contributed by atoms with van der Waals surface area (Å²) in [5, 5.41) is 4.44. The van der Waals surface area contributed by atoms with Gasteiger partial charge < -0.3 is 19.5 Å². The predicted octanol–water partition coefficient (Wildman–Crippen LogP) is 6.91. The monoisotopic (exact) mass is 576 g/mol. The first-order valence-corrected chi connectivity index (χ1v) is 12.6. The Bertz CT molecular complexity index is 1420. The molecule has 0 atom stereocenters. The van der Waals surface area contributed by atoms with Crippen LogP contribution in [0.2, 0.25) is 15.1 Å². The van der Waals surface area contributed by atoms with Gasteiger partial charge in [0, 0.05) is 15.6 Å². The van der Waals surface area contributed by atoms with Crippen LogP contribution in [0.5, 0.6) is 11.5 Å². The number of hydrogen-bond donors (Lipinski definition) is 1. The van der Waals surface area contributed by atoms with Crippen molar-refractivity contribution in [1.82, 2.24) is 5.32 Å². The standard InChI is InChI=1S/C26H19Cl3N2O5S/c1-34-21-10-14(9-20(29)23(21)36-13-16-3-6-17(27)12-19(16)28)11-22-24(32)31-26(37-22)30-18-7-4-15(5-8-18)25(33)35-2/h3-12H,13H2,1-2H3,(H,30,31,32)/b22-11-. The van der Waals surface area contributed by atoms with Crippen LogP contribution in [0, 0.1) is 0 Å². The second-order valence-electron chi connectivity index (χ2n) is 7.58. The van der Waals surface area contributed by atoms with Crippen molar-refractivity contribution in [2.45, 2.75) is 6.61 Å². The summed E-state index contributed by atoms with van der Waals surface area (Å²) in [5.74, 6) is 0.000851. The highest BCUT2D eigenvalue weighted by Crippen LogP contribution is 2.39. The van der Waals surface area contributed by atoms with Crippen LogP contribution in [0.1, 0.15) is 21.5 Å². The smallest absolute Gasteiger partial charge is 0.337 e. The summed E-state index contributed by atoms with van der Waals surface area (Å²) in [6.07, 6.45) is 1.68. The molecule has 7 nitrogen and oxygen atoms in total. The molecule has 1 fully saturated rings. The molecule has 1 saturated heterocycles. The van der Waals surface area contributed by atoms with Crippen molar-refractivity contribution in [3.63, 3.8) is 0 Å². The molecule has 1 amide bonds. The van der Waals surface area contributed by atoms with Crippen molar-refractivity contribution in [2.75, 3.05) is 14.2 Å². The van der Waals surface area contributed by atoms with Gasteiger partial charge in [-0.05, 0) is 71.9 Å². The molecule has 1 heterocycles. The highest BCUT2D eigenvalue weighted by atomic mass is 35.5. The highest BCUT2D eigenvalue weighted by Gasteiger charge is 2.24. The third kappa shape index (κ3) is 6.59. The average molecular weight is 578 g/mol. The van der Waals surface area contributed by atoms with Gasteiger partial charge in [0.2, 0.25) is 0 Å². The first kappa shape index (κ1) is 26.9. The number of rotatable bonds is 7. The van der Waals surface area contributed by atoms with Crippen LogP contribution < -0.4 is 14.8 Å². The van der Waals surface area contributed by atoms with E-state index in [4.69, 9.17) is 44.3 Å². The number of methoxy groups -OCH3 is 2. The fraction of sp³-hybridized carbons (Fsp3) is 0.115. The van der Waals surface area contributed by atoms with Gasteiger partial charge in [0.05, 0.1) is 35.4 Å². The number of amides is 1. The van der Waals surface area contributed by atoms with Gasteiger partial charge in [0.15, 0.2) is 16.7 Å². The number of esters is 1. The second-order valence-corrected chi connectivity index (χ2v) is 9.86. The van der Waals surface area contributed by atoms with Crippen LogP contribution in [0.4, 0.5) is 5.69 Å². The number of carbonyl (C=O) groups is 2. The van der Waals surface area contributed by atoms with Gasteiger partial charge in [0.1, 0.15) is 6.61 Å². The van der Waals surface area contributed by atoms with E-state index in [0.29, 0.717) is 53.5 Å². The molecule has 0 bridgehead atoms. The van der Waals surface area contributed by atoms with Gasteiger partial charge >= 0.3 is 5.97 Å². The Balaban J connectivity index is 1.51. The zero-order valence-electron chi connectivity index (χ0n) is 19.5. The molecule has 1 aliphatic rings. The molecule has 0 aliphatic carbocycles. The van der Waals surface area contributed by atoms with E-state index in [9.17, 15) is 9.59 Å². The van der Waals surface area contributed by atoms with Crippen LogP contribution in [-0.2, 0) is 16.1 Å². The molecule has 37 heavy (non-hydrogen) atoms. The van der Waals surface area contributed by atoms with Crippen molar-refractivity contribution < 1.29 is 23.8 Å². The van der Waals surface area contributed by atoms with E-state index in [2.05, 4.69) is 15.0 Å². The second kappa shape index (κ2) is 11.9. The van der Waals surface area contributed by atoms with Gasteiger partial charge in [-0.25, -0.2) is 9.79 Å². The van der Waals surface area contributed by atoms with Crippen LogP contribution in [0.3, 0.4) is 0 Å². The molecule has 190 valence electrons. The maximum Gasteiger partial charge on any atom is 0.337 e. The molecule has 0 spiro atoms. The SMILES string of the molecule is COC(=O)c1ccc(N=C2NC(=O)/C(=C/c3cc(Cl)c(OCc4ccc(Cl)cc4Cl)c(OC)c3)S2)cc1. The number of halogens is 3. The van der Waals surface area contributed by atoms with Crippen LogP contribution in [0.25, 0.3) is 6.08 Å². The zero-order chi connectivity index (χ0) is 26.5. The molecule has 1 aliphatic heterocycles. The number of ether oxygens (including phenoxy) is 3. The van der Waals surface area contributed by atoms with E-state index in [1.165, 1.54) is 26.0 Å². The minimum Gasteiger partial charge on any atom is -0.493 e. The van der Waals surface area contributed by atoms with E-state index >= 15 is 0 Å². The lowest BCUT2D eigenvalue weighted by Crippen LogP contribution is -2.19. The first-order chi connectivity index (χ1) is 17.8. The quantitative estimate of drug-likeness (QED) is 0.243. The molecule has 0 radical (unpaired) electrons. The van der Waals surface area contributed by atoms with E-state index in [1.54, 1.807) is 60.7 Å². The third-order valence-corrected chi connectivity index (χ3v) is 6.88. The van der Waals surface area contributed by atoms with Gasteiger partial charge in [-0.3, -0.25) is 4.79 Å². The number of nitrogens with zero attached hydrogens (tertiary/aromatic N) is 1. The molecule has 1 N–H and O–H groups in total. The zero-order valence-corrected chi connectivity index (χ0v) is 22.6. The molecule has 0 saturated carbocycles. The maximum absolute atomic E-state index is 12.5. The van der Waals surface area contributed by atoms with Gasteiger partial charge in [-0.2, -0.15) is 0 Å². The molecular formula is C26H19Cl3N2O5S. The Labute approximate surface area is 232 Å². The Hall–Kier alpha value is -3.17. The Morgan fingerprint density at radius 2 is 1.78 bits per heavy atom. The Kier molecular flexibility index (Phi) is 8.66. The number of nitrogens with one attached hydrogen (secondary N) is 1. The van der Waals surface area contributed by atoms with Gasteiger partial charge in [0.25, 0.3) is 5.91 Å². The van der Waals surface area contributed by atoms with Crippen molar-refractivity contribution >= 4 is 75.4 Å².